The number of nitrogens with two attached hydrogens (primary N) is 1. The zero-order chi connectivity index (χ0) is 18.0. The molecule has 3 rings (SSSR count). The van der Waals surface area contributed by atoms with Crippen molar-refractivity contribution in [3.05, 3.63) is 77.9 Å². The minimum absolute atomic E-state index is 0.0677. The Kier molecular flexibility index (Phi) is 4.22. The zero-order valence-corrected chi connectivity index (χ0v) is 13.1. The van der Waals surface area contributed by atoms with Gasteiger partial charge in [-0.05, 0) is 29.3 Å². The van der Waals surface area contributed by atoms with Gasteiger partial charge in [-0.3, -0.25) is 0 Å². The summed E-state index contributed by atoms with van der Waals surface area (Å²) in [6, 6.07) is 18.4. The van der Waals surface area contributed by atoms with Gasteiger partial charge >= 0.3 is 11.9 Å². The van der Waals surface area contributed by atoms with Crippen LogP contribution in [0.1, 0.15) is 20.7 Å². The van der Waals surface area contributed by atoms with Crippen molar-refractivity contribution in [2.45, 2.75) is 0 Å². The van der Waals surface area contributed by atoms with Crippen LogP contribution < -0.4 is 5.73 Å². The molecule has 5 heteroatoms. The topological polar surface area (TPSA) is 101 Å². The zero-order valence-electron chi connectivity index (χ0n) is 13.1. The van der Waals surface area contributed by atoms with Gasteiger partial charge in [-0.2, -0.15) is 0 Å². The van der Waals surface area contributed by atoms with Gasteiger partial charge in [0.2, 0.25) is 0 Å². The summed E-state index contributed by atoms with van der Waals surface area (Å²) in [6.45, 7) is 0. The SMILES string of the molecule is Nc1ccccc1-c1ccccc1-c1c(C(=O)O)cccc1C(=O)O. The third-order valence-electron chi connectivity index (χ3n) is 3.97. The van der Waals surface area contributed by atoms with E-state index in [1.165, 1.54) is 18.2 Å². The molecule has 0 unspecified atom stereocenters. The summed E-state index contributed by atoms with van der Waals surface area (Å²) in [7, 11) is 0. The molecule has 0 amide bonds. The van der Waals surface area contributed by atoms with E-state index >= 15 is 0 Å². The molecule has 0 spiro atoms. The smallest absolute Gasteiger partial charge is 0.336 e. The molecule has 5 nitrogen and oxygen atoms in total. The Morgan fingerprint density at radius 1 is 0.640 bits per heavy atom. The van der Waals surface area contributed by atoms with E-state index in [4.69, 9.17) is 5.73 Å². The summed E-state index contributed by atoms with van der Waals surface area (Å²) >= 11 is 0. The third kappa shape index (κ3) is 2.95. The van der Waals surface area contributed by atoms with E-state index < -0.39 is 11.9 Å². The number of carbonyl (C=O) groups is 2. The van der Waals surface area contributed by atoms with Gasteiger partial charge < -0.3 is 15.9 Å². The number of benzene rings is 3. The first-order chi connectivity index (χ1) is 12.0. The Balaban J connectivity index is 2.38. The van der Waals surface area contributed by atoms with E-state index in [9.17, 15) is 19.8 Å². The van der Waals surface area contributed by atoms with E-state index in [1.807, 2.05) is 12.1 Å². The molecule has 0 aliphatic carbocycles. The van der Waals surface area contributed by atoms with Crippen molar-refractivity contribution in [2.24, 2.45) is 0 Å². The van der Waals surface area contributed by atoms with Crippen LogP contribution >= 0.6 is 0 Å². The lowest BCUT2D eigenvalue weighted by Crippen LogP contribution is -2.07. The van der Waals surface area contributed by atoms with Gasteiger partial charge in [0.1, 0.15) is 0 Å². The molecule has 3 aromatic carbocycles. The Morgan fingerprint density at radius 3 is 1.64 bits per heavy atom. The molecule has 0 heterocycles. The lowest BCUT2D eigenvalue weighted by Gasteiger charge is -2.16. The molecule has 0 fully saturated rings. The highest BCUT2D eigenvalue weighted by atomic mass is 16.4. The largest absolute Gasteiger partial charge is 0.478 e. The van der Waals surface area contributed by atoms with Crippen LogP contribution in [-0.4, -0.2) is 22.2 Å². The first kappa shape index (κ1) is 16.3. The third-order valence-corrected chi connectivity index (χ3v) is 3.97. The van der Waals surface area contributed by atoms with Crippen molar-refractivity contribution < 1.29 is 19.8 Å². The molecule has 0 radical (unpaired) electrons. The van der Waals surface area contributed by atoms with Crippen molar-refractivity contribution in [1.29, 1.82) is 0 Å². The number of carboxylic acid groups (broad SMARTS) is 2. The van der Waals surface area contributed by atoms with Gasteiger partial charge in [-0.1, -0.05) is 48.5 Å². The van der Waals surface area contributed by atoms with Gasteiger partial charge in [-0.25, -0.2) is 9.59 Å². The maximum atomic E-state index is 11.7. The minimum atomic E-state index is -1.19. The standard InChI is InChI=1S/C20H15NO4/c21-17-11-4-3-7-13(17)12-6-1-2-8-14(12)18-15(19(22)23)9-5-10-16(18)20(24)25/h1-11H,21H2,(H,22,23)(H,24,25). The first-order valence-corrected chi connectivity index (χ1v) is 7.54. The first-order valence-electron chi connectivity index (χ1n) is 7.54. The Morgan fingerprint density at radius 2 is 1.12 bits per heavy atom. The summed E-state index contributed by atoms with van der Waals surface area (Å²) in [4.78, 5) is 23.3. The Labute approximate surface area is 144 Å². The quantitative estimate of drug-likeness (QED) is 0.627. The summed E-state index contributed by atoms with van der Waals surface area (Å²) in [5.41, 5.74) is 8.53. The van der Waals surface area contributed by atoms with Crippen molar-refractivity contribution in [3.63, 3.8) is 0 Å². The Hall–Kier alpha value is -3.60. The molecular weight excluding hydrogens is 318 g/mol. The predicted octanol–water partition coefficient (Wildman–Crippen LogP) is 4.00. The molecule has 0 aromatic heterocycles. The van der Waals surface area contributed by atoms with Gasteiger partial charge in [0.05, 0.1) is 11.1 Å². The summed E-state index contributed by atoms with van der Waals surface area (Å²) in [5.74, 6) is -2.37. The molecular formula is C20H15NO4. The predicted molar refractivity (Wildman–Crippen MR) is 95.6 cm³/mol. The summed E-state index contributed by atoms with van der Waals surface area (Å²) in [6.07, 6.45) is 0. The second-order valence-corrected chi connectivity index (χ2v) is 5.47. The summed E-state index contributed by atoms with van der Waals surface area (Å²) in [5, 5.41) is 19.1. The van der Waals surface area contributed by atoms with Crippen LogP contribution in [0.4, 0.5) is 5.69 Å². The van der Waals surface area contributed by atoms with Gasteiger partial charge in [0.25, 0.3) is 0 Å². The monoisotopic (exact) mass is 333 g/mol. The number of nitrogen functional groups attached to an aromatic ring is 1. The van der Waals surface area contributed by atoms with Crippen molar-refractivity contribution in [3.8, 4) is 22.3 Å². The number of hydrogen-bond acceptors (Lipinski definition) is 3. The van der Waals surface area contributed by atoms with E-state index in [-0.39, 0.29) is 16.7 Å². The fourth-order valence-electron chi connectivity index (χ4n) is 2.88. The van der Waals surface area contributed by atoms with Crippen LogP contribution in [0.5, 0.6) is 0 Å². The number of anilines is 1. The molecule has 0 aliphatic heterocycles. The second kappa shape index (κ2) is 6.49. The number of aromatic carboxylic acids is 2. The number of rotatable bonds is 4. The van der Waals surface area contributed by atoms with Gasteiger partial charge in [0, 0.05) is 16.8 Å². The highest BCUT2D eigenvalue weighted by Gasteiger charge is 2.22. The fourth-order valence-corrected chi connectivity index (χ4v) is 2.88. The number of para-hydroxylation sites is 1. The van der Waals surface area contributed by atoms with Crippen molar-refractivity contribution in [2.75, 3.05) is 5.73 Å². The highest BCUT2D eigenvalue weighted by molar-refractivity contribution is 6.07. The van der Waals surface area contributed by atoms with E-state index in [1.54, 1.807) is 36.4 Å². The number of carboxylic acids is 2. The molecule has 0 aliphatic rings. The number of hydrogen-bond donors (Lipinski definition) is 3. The molecule has 25 heavy (non-hydrogen) atoms. The molecule has 3 aromatic rings. The van der Waals surface area contributed by atoms with Crippen LogP contribution in [0.3, 0.4) is 0 Å². The second-order valence-electron chi connectivity index (χ2n) is 5.47. The molecule has 4 N–H and O–H groups in total. The van der Waals surface area contributed by atoms with E-state index in [2.05, 4.69) is 0 Å². The molecule has 0 saturated heterocycles. The Bertz CT molecular complexity index is 947. The highest BCUT2D eigenvalue weighted by Crippen LogP contribution is 2.38. The lowest BCUT2D eigenvalue weighted by atomic mass is 9.88. The van der Waals surface area contributed by atoms with Gasteiger partial charge in [-0.15, -0.1) is 0 Å². The maximum absolute atomic E-state index is 11.7. The minimum Gasteiger partial charge on any atom is -0.478 e. The van der Waals surface area contributed by atoms with E-state index in [0.717, 1.165) is 5.56 Å². The molecule has 0 bridgehead atoms. The molecule has 0 atom stereocenters. The van der Waals surface area contributed by atoms with Crippen molar-refractivity contribution in [1.82, 2.24) is 0 Å². The van der Waals surface area contributed by atoms with Crippen LogP contribution in [0, 0.1) is 0 Å². The average Bonchev–Trinajstić information content (AvgIpc) is 2.61. The average molecular weight is 333 g/mol. The van der Waals surface area contributed by atoms with Crippen LogP contribution in [0.25, 0.3) is 22.3 Å². The molecule has 0 saturated carbocycles. The lowest BCUT2D eigenvalue weighted by molar-refractivity contribution is 0.0696. The van der Waals surface area contributed by atoms with Crippen molar-refractivity contribution >= 4 is 17.6 Å². The normalized spacial score (nSPS) is 10.4. The summed E-state index contributed by atoms with van der Waals surface area (Å²) < 4.78 is 0. The van der Waals surface area contributed by atoms with Crippen LogP contribution in [0.2, 0.25) is 0 Å². The van der Waals surface area contributed by atoms with Crippen LogP contribution in [-0.2, 0) is 0 Å². The van der Waals surface area contributed by atoms with E-state index in [0.29, 0.717) is 16.8 Å². The maximum Gasteiger partial charge on any atom is 0.336 e. The molecule has 124 valence electrons. The van der Waals surface area contributed by atoms with Crippen LogP contribution in [0.15, 0.2) is 66.7 Å². The fraction of sp³-hybridized carbons (Fsp3) is 0. The van der Waals surface area contributed by atoms with Gasteiger partial charge in [0.15, 0.2) is 0 Å².